The van der Waals surface area contributed by atoms with Crippen molar-refractivity contribution in [1.29, 1.82) is 0 Å². The van der Waals surface area contributed by atoms with E-state index in [4.69, 9.17) is 0 Å². The first-order valence-electron chi connectivity index (χ1n) is 5.15. The highest BCUT2D eigenvalue weighted by molar-refractivity contribution is 4.96. The molecular weight excluding hydrogens is 158 g/mol. The summed E-state index contributed by atoms with van der Waals surface area (Å²) in [4.78, 5) is 0. The molecule has 0 spiro atoms. The smallest absolute Gasteiger partial charge is 0.0124 e. The fraction of sp³-hybridized carbons (Fsp3) is 0.833. The molecule has 0 aliphatic heterocycles. The van der Waals surface area contributed by atoms with Crippen molar-refractivity contribution >= 4 is 0 Å². The molecule has 0 aromatic rings. The first kappa shape index (κ1) is 12.5. The predicted octanol–water partition coefficient (Wildman–Crippen LogP) is 2.81. The zero-order valence-corrected chi connectivity index (χ0v) is 9.70. The van der Waals surface area contributed by atoms with Crippen molar-refractivity contribution in [3.8, 4) is 11.8 Å². The van der Waals surface area contributed by atoms with Crippen molar-refractivity contribution in [2.45, 2.75) is 53.5 Å². The van der Waals surface area contributed by atoms with Gasteiger partial charge in [-0.1, -0.05) is 27.7 Å². The second-order valence-electron chi connectivity index (χ2n) is 4.44. The van der Waals surface area contributed by atoms with Crippen LogP contribution in [0.5, 0.6) is 0 Å². The molecule has 1 nitrogen and oxygen atoms in total. The summed E-state index contributed by atoms with van der Waals surface area (Å²) in [5.41, 5.74) is 0.339. The minimum Gasteiger partial charge on any atom is -0.314 e. The molecule has 0 rings (SSSR count). The summed E-state index contributed by atoms with van der Waals surface area (Å²) >= 11 is 0. The van der Waals surface area contributed by atoms with E-state index < -0.39 is 0 Å². The van der Waals surface area contributed by atoms with Gasteiger partial charge in [0.2, 0.25) is 0 Å². The van der Waals surface area contributed by atoms with Crippen LogP contribution in [0.15, 0.2) is 0 Å². The van der Waals surface area contributed by atoms with E-state index in [-0.39, 0.29) is 0 Å². The molecule has 0 aliphatic rings. The lowest BCUT2D eigenvalue weighted by molar-refractivity contribution is 0.260. The van der Waals surface area contributed by atoms with Gasteiger partial charge < -0.3 is 5.32 Å². The molecule has 1 heteroatoms. The summed E-state index contributed by atoms with van der Waals surface area (Å²) < 4.78 is 0. The highest BCUT2D eigenvalue weighted by Gasteiger charge is 2.22. The first-order valence-corrected chi connectivity index (χ1v) is 5.15. The van der Waals surface area contributed by atoms with Crippen molar-refractivity contribution in [2.24, 2.45) is 5.41 Å². The Bertz CT molecular complexity index is 178. The Morgan fingerprint density at radius 2 is 1.92 bits per heavy atom. The molecular formula is C12H23N. The van der Waals surface area contributed by atoms with E-state index in [2.05, 4.69) is 44.9 Å². The van der Waals surface area contributed by atoms with Crippen LogP contribution in [-0.4, -0.2) is 12.6 Å². The molecule has 0 radical (unpaired) electrons. The van der Waals surface area contributed by atoms with Gasteiger partial charge in [0.15, 0.2) is 0 Å². The summed E-state index contributed by atoms with van der Waals surface area (Å²) in [6, 6.07) is 0.582. The highest BCUT2D eigenvalue weighted by atomic mass is 14.9. The molecule has 76 valence electrons. The third kappa shape index (κ3) is 5.71. The van der Waals surface area contributed by atoms with Gasteiger partial charge in [0, 0.05) is 12.5 Å². The summed E-state index contributed by atoms with van der Waals surface area (Å²) in [5, 5.41) is 3.51. The second-order valence-corrected chi connectivity index (χ2v) is 4.44. The van der Waals surface area contributed by atoms with Gasteiger partial charge in [0.1, 0.15) is 0 Å². The molecule has 1 atom stereocenters. The van der Waals surface area contributed by atoms with E-state index in [0.29, 0.717) is 11.5 Å². The van der Waals surface area contributed by atoms with Crippen molar-refractivity contribution in [2.75, 3.05) is 6.54 Å². The van der Waals surface area contributed by atoms with Gasteiger partial charge >= 0.3 is 0 Å². The lowest BCUT2D eigenvalue weighted by Crippen LogP contribution is -2.40. The number of nitrogens with one attached hydrogen (secondary N) is 1. The Morgan fingerprint density at radius 3 is 2.31 bits per heavy atom. The topological polar surface area (TPSA) is 12.0 Å². The Morgan fingerprint density at radius 1 is 1.31 bits per heavy atom. The van der Waals surface area contributed by atoms with Crippen molar-refractivity contribution < 1.29 is 0 Å². The average molecular weight is 181 g/mol. The maximum Gasteiger partial charge on any atom is 0.0124 e. The third-order valence-corrected chi connectivity index (χ3v) is 2.23. The van der Waals surface area contributed by atoms with Gasteiger partial charge in [-0.15, -0.1) is 11.8 Å². The van der Waals surface area contributed by atoms with Gasteiger partial charge in [-0.05, 0) is 25.3 Å². The maximum atomic E-state index is 3.51. The summed E-state index contributed by atoms with van der Waals surface area (Å²) in [7, 11) is 0. The predicted molar refractivity (Wildman–Crippen MR) is 59.6 cm³/mol. The van der Waals surface area contributed by atoms with E-state index in [9.17, 15) is 0 Å². The van der Waals surface area contributed by atoms with Crippen molar-refractivity contribution in [3.05, 3.63) is 0 Å². The molecule has 0 amide bonds. The number of hydrogen-bond donors (Lipinski definition) is 1. The first-order chi connectivity index (χ1) is 6.02. The zero-order chi connectivity index (χ0) is 10.3. The minimum absolute atomic E-state index is 0.339. The van der Waals surface area contributed by atoms with E-state index in [0.717, 1.165) is 19.4 Å². The lowest BCUT2D eigenvalue weighted by atomic mass is 9.84. The van der Waals surface area contributed by atoms with E-state index in [1.54, 1.807) is 0 Å². The Hall–Kier alpha value is -0.480. The van der Waals surface area contributed by atoms with Crippen LogP contribution in [0.25, 0.3) is 0 Å². The van der Waals surface area contributed by atoms with Crippen LogP contribution in [0.3, 0.4) is 0 Å². The maximum absolute atomic E-state index is 3.51. The van der Waals surface area contributed by atoms with Crippen LogP contribution >= 0.6 is 0 Å². The van der Waals surface area contributed by atoms with Gasteiger partial charge in [0.05, 0.1) is 0 Å². The van der Waals surface area contributed by atoms with Crippen LogP contribution < -0.4 is 5.32 Å². The van der Waals surface area contributed by atoms with Crippen molar-refractivity contribution in [3.63, 3.8) is 0 Å². The molecule has 13 heavy (non-hydrogen) atoms. The number of hydrogen-bond acceptors (Lipinski definition) is 1. The van der Waals surface area contributed by atoms with E-state index in [1.807, 2.05) is 6.92 Å². The molecule has 0 bridgehead atoms. The van der Waals surface area contributed by atoms with Crippen LogP contribution in [0.1, 0.15) is 47.5 Å². The van der Waals surface area contributed by atoms with Crippen LogP contribution in [0.4, 0.5) is 0 Å². The fourth-order valence-corrected chi connectivity index (χ4v) is 1.43. The minimum atomic E-state index is 0.339. The molecule has 1 unspecified atom stereocenters. The number of rotatable bonds is 4. The highest BCUT2D eigenvalue weighted by Crippen LogP contribution is 2.22. The summed E-state index contributed by atoms with van der Waals surface area (Å²) in [6.45, 7) is 11.9. The lowest BCUT2D eigenvalue weighted by Gasteiger charge is -2.31. The molecule has 0 saturated carbocycles. The normalized spacial score (nSPS) is 13.3. The molecule has 0 saturated heterocycles. The quantitative estimate of drug-likeness (QED) is 0.658. The second kappa shape index (κ2) is 6.05. The van der Waals surface area contributed by atoms with Crippen LogP contribution in [0, 0.1) is 17.3 Å². The van der Waals surface area contributed by atoms with E-state index >= 15 is 0 Å². The molecule has 0 aliphatic carbocycles. The standard InChI is InChI=1S/C12H23N/c1-6-8-9-10-11(13-7-2)12(3,4)5/h11,13H,7,9-10H2,1-5H3. The summed E-state index contributed by atoms with van der Waals surface area (Å²) in [6.07, 6.45) is 2.16. The van der Waals surface area contributed by atoms with Gasteiger partial charge in [-0.2, -0.15) is 0 Å². The van der Waals surface area contributed by atoms with Gasteiger partial charge in [0.25, 0.3) is 0 Å². The monoisotopic (exact) mass is 181 g/mol. The van der Waals surface area contributed by atoms with Gasteiger partial charge in [-0.3, -0.25) is 0 Å². The van der Waals surface area contributed by atoms with E-state index in [1.165, 1.54) is 0 Å². The fourth-order valence-electron chi connectivity index (χ4n) is 1.43. The van der Waals surface area contributed by atoms with Crippen molar-refractivity contribution in [1.82, 2.24) is 5.32 Å². The molecule has 0 fully saturated rings. The molecule has 0 aromatic heterocycles. The van der Waals surface area contributed by atoms with Gasteiger partial charge in [-0.25, -0.2) is 0 Å². The Balaban J connectivity index is 4.00. The molecule has 1 N–H and O–H groups in total. The van der Waals surface area contributed by atoms with Crippen LogP contribution in [-0.2, 0) is 0 Å². The largest absolute Gasteiger partial charge is 0.314 e. The average Bonchev–Trinajstić information content (AvgIpc) is 2.01. The molecule has 0 heterocycles. The Kier molecular flexibility index (Phi) is 5.82. The Labute approximate surface area is 83.3 Å². The molecule has 0 aromatic carbocycles. The SMILES string of the molecule is CC#CCCC(NCC)C(C)(C)C. The third-order valence-electron chi connectivity index (χ3n) is 2.23. The van der Waals surface area contributed by atoms with Crippen LogP contribution in [0.2, 0.25) is 0 Å². The summed E-state index contributed by atoms with van der Waals surface area (Å²) in [5.74, 6) is 6.06. The zero-order valence-electron chi connectivity index (χ0n) is 9.70.